The van der Waals surface area contributed by atoms with Crippen molar-refractivity contribution in [2.45, 2.75) is 13.1 Å². The maximum absolute atomic E-state index is 12.9. The standard InChI is InChI=1S/C18H15BrN4O3/c1-26-15-8-6-14(7-9-15)21-11-16-20-17(24)22(23(16)18(21)25)10-12-2-4-13(19)5-3-12/h2-9H,10-11H2,1H3. The summed E-state index contributed by atoms with van der Waals surface area (Å²) in [7, 11) is 1.59. The third-order valence-corrected chi connectivity index (χ3v) is 4.80. The van der Waals surface area contributed by atoms with Gasteiger partial charge in [-0.15, -0.1) is 0 Å². The molecule has 132 valence electrons. The molecule has 2 aromatic carbocycles. The summed E-state index contributed by atoms with van der Waals surface area (Å²) in [6, 6.07) is 14.5. The minimum Gasteiger partial charge on any atom is -0.497 e. The van der Waals surface area contributed by atoms with Crippen LogP contribution in [0.25, 0.3) is 0 Å². The van der Waals surface area contributed by atoms with Crippen molar-refractivity contribution in [3.63, 3.8) is 0 Å². The first-order chi connectivity index (χ1) is 12.6. The molecule has 4 rings (SSSR count). The molecule has 1 aromatic heterocycles. The van der Waals surface area contributed by atoms with Crippen LogP contribution in [0.4, 0.5) is 10.5 Å². The fraction of sp³-hybridized carbons (Fsp3) is 0.167. The van der Waals surface area contributed by atoms with Crippen molar-refractivity contribution in [3.8, 4) is 5.75 Å². The first-order valence-electron chi connectivity index (χ1n) is 7.96. The molecule has 3 aromatic rings. The SMILES string of the molecule is COc1ccc(N2Cc3nc(=O)n(Cc4ccc(Br)cc4)n3C2=O)cc1. The largest absolute Gasteiger partial charge is 0.497 e. The van der Waals surface area contributed by atoms with Gasteiger partial charge in [-0.05, 0) is 42.0 Å². The van der Waals surface area contributed by atoms with Crippen LogP contribution < -0.4 is 15.3 Å². The van der Waals surface area contributed by atoms with Gasteiger partial charge in [0.15, 0.2) is 5.82 Å². The summed E-state index contributed by atoms with van der Waals surface area (Å²) in [6.07, 6.45) is 0. The molecule has 0 saturated heterocycles. The molecule has 1 aliphatic rings. The van der Waals surface area contributed by atoms with E-state index in [1.807, 2.05) is 24.3 Å². The van der Waals surface area contributed by atoms with Gasteiger partial charge in [0, 0.05) is 10.2 Å². The highest BCUT2D eigenvalue weighted by Gasteiger charge is 2.33. The summed E-state index contributed by atoms with van der Waals surface area (Å²) in [5.41, 5.74) is 1.21. The average molecular weight is 415 g/mol. The van der Waals surface area contributed by atoms with E-state index in [1.54, 1.807) is 36.3 Å². The smallest absolute Gasteiger partial charge is 0.364 e. The van der Waals surface area contributed by atoms with Gasteiger partial charge in [0.25, 0.3) is 0 Å². The molecule has 0 spiro atoms. The van der Waals surface area contributed by atoms with E-state index >= 15 is 0 Å². The molecule has 8 heteroatoms. The van der Waals surface area contributed by atoms with E-state index in [4.69, 9.17) is 4.74 Å². The lowest BCUT2D eigenvalue weighted by Crippen LogP contribution is -2.34. The second kappa shape index (κ2) is 6.45. The second-order valence-corrected chi connectivity index (χ2v) is 6.79. The quantitative estimate of drug-likeness (QED) is 0.657. The van der Waals surface area contributed by atoms with Gasteiger partial charge in [-0.1, -0.05) is 28.1 Å². The van der Waals surface area contributed by atoms with Crippen LogP contribution in [0.5, 0.6) is 5.75 Å². The molecule has 0 aliphatic carbocycles. The van der Waals surface area contributed by atoms with Crippen molar-refractivity contribution in [3.05, 3.63) is 74.9 Å². The minimum absolute atomic E-state index is 0.258. The molecule has 0 N–H and O–H groups in total. The van der Waals surface area contributed by atoms with Crippen LogP contribution in [0.2, 0.25) is 0 Å². The van der Waals surface area contributed by atoms with Crippen LogP contribution in [0.15, 0.2) is 57.8 Å². The molecule has 7 nitrogen and oxygen atoms in total. The highest BCUT2D eigenvalue weighted by atomic mass is 79.9. The fourth-order valence-electron chi connectivity index (χ4n) is 2.94. The number of nitrogens with zero attached hydrogens (tertiary/aromatic N) is 4. The summed E-state index contributed by atoms with van der Waals surface area (Å²) in [6.45, 7) is 0.537. The van der Waals surface area contributed by atoms with E-state index in [1.165, 1.54) is 9.36 Å². The average Bonchev–Trinajstić information content (AvgIpc) is 3.13. The Kier molecular flexibility index (Phi) is 4.12. The maximum atomic E-state index is 12.9. The molecule has 1 aliphatic heterocycles. The second-order valence-electron chi connectivity index (χ2n) is 5.87. The van der Waals surface area contributed by atoms with Crippen LogP contribution in [0.3, 0.4) is 0 Å². The van der Waals surface area contributed by atoms with Gasteiger partial charge in [0.2, 0.25) is 0 Å². The Morgan fingerprint density at radius 1 is 1.08 bits per heavy atom. The zero-order chi connectivity index (χ0) is 18.3. The Hall–Kier alpha value is -2.87. The number of rotatable bonds is 4. The first kappa shape index (κ1) is 16.6. The van der Waals surface area contributed by atoms with Crippen molar-refractivity contribution < 1.29 is 9.53 Å². The van der Waals surface area contributed by atoms with E-state index < -0.39 is 5.69 Å². The molecule has 0 fully saturated rings. The zero-order valence-corrected chi connectivity index (χ0v) is 15.5. The third kappa shape index (κ3) is 2.82. The number of carbonyl (C=O) groups is 1. The number of aromatic nitrogens is 3. The fourth-order valence-corrected chi connectivity index (χ4v) is 3.21. The number of fused-ring (bicyclic) bond motifs is 1. The molecular weight excluding hydrogens is 400 g/mol. The number of halogens is 1. The summed E-state index contributed by atoms with van der Waals surface area (Å²) < 4.78 is 8.82. The molecule has 26 heavy (non-hydrogen) atoms. The molecule has 0 radical (unpaired) electrons. The topological polar surface area (TPSA) is 69.4 Å². The summed E-state index contributed by atoms with van der Waals surface area (Å²) in [4.78, 5) is 30.7. The van der Waals surface area contributed by atoms with Gasteiger partial charge >= 0.3 is 11.7 Å². The zero-order valence-electron chi connectivity index (χ0n) is 13.9. The van der Waals surface area contributed by atoms with Crippen molar-refractivity contribution in [1.82, 2.24) is 14.3 Å². The Bertz CT molecular complexity index is 1020. The molecule has 2 heterocycles. The van der Waals surface area contributed by atoms with Gasteiger partial charge in [0.1, 0.15) is 5.75 Å². The van der Waals surface area contributed by atoms with Crippen LogP contribution in [-0.2, 0) is 13.1 Å². The van der Waals surface area contributed by atoms with Gasteiger partial charge in [-0.2, -0.15) is 9.67 Å². The number of amides is 1. The van der Waals surface area contributed by atoms with E-state index in [0.717, 1.165) is 15.7 Å². The number of hydrogen-bond acceptors (Lipinski definition) is 4. The molecule has 0 atom stereocenters. The van der Waals surface area contributed by atoms with E-state index in [-0.39, 0.29) is 19.1 Å². The van der Waals surface area contributed by atoms with Crippen LogP contribution in [-0.4, -0.2) is 27.5 Å². The molecule has 0 bridgehead atoms. The molecule has 0 saturated carbocycles. The van der Waals surface area contributed by atoms with Gasteiger partial charge in [0.05, 0.1) is 20.2 Å². The van der Waals surface area contributed by atoms with E-state index in [2.05, 4.69) is 20.9 Å². The van der Waals surface area contributed by atoms with E-state index in [0.29, 0.717) is 11.6 Å². The van der Waals surface area contributed by atoms with Crippen LogP contribution in [0, 0.1) is 0 Å². The third-order valence-electron chi connectivity index (χ3n) is 4.27. The lowest BCUT2D eigenvalue weighted by molar-refractivity contribution is 0.244. The number of carbonyl (C=O) groups excluding carboxylic acids is 1. The lowest BCUT2D eigenvalue weighted by Gasteiger charge is -2.16. The number of benzene rings is 2. The summed E-state index contributed by atoms with van der Waals surface area (Å²) in [5, 5.41) is 0. The number of ether oxygens (including phenoxy) is 1. The normalized spacial score (nSPS) is 13.2. The van der Waals surface area contributed by atoms with Crippen molar-refractivity contribution in [2.75, 3.05) is 12.0 Å². The van der Waals surface area contributed by atoms with Crippen LogP contribution >= 0.6 is 15.9 Å². The maximum Gasteiger partial charge on any atom is 0.364 e. The predicted molar refractivity (Wildman–Crippen MR) is 99.7 cm³/mol. The summed E-state index contributed by atoms with van der Waals surface area (Å²) >= 11 is 3.39. The van der Waals surface area contributed by atoms with Gasteiger partial charge in [-0.25, -0.2) is 14.3 Å². The molecular formula is C18H15BrN4O3. The van der Waals surface area contributed by atoms with Crippen LogP contribution in [0.1, 0.15) is 11.4 Å². The Balaban J connectivity index is 1.65. The minimum atomic E-state index is -0.425. The Labute approximate surface area is 157 Å². The molecule has 0 unspecified atom stereocenters. The Morgan fingerprint density at radius 3 is 2.42 bits per heavy atom. The van der Waals surface area contributed by atoms with Crippen molar-refractivity contribution in [1.29, 1.82) is 0 Å². The number of anilines is 1. The van der Waals surface area contributed by atoms with Crippen molar-refractivity contribution >= 4 is 27.6 Å². The molecule has 1 amide bonds. The van der Waals surface area contributed by atoms with Gasteiger partial charge in [-0.3, -0.25) is 4.90 Å². The van der Waals surface area contributed by atoms with Gasteiger partial charge < -0.3 is 4.74 Å². The van der Waals surface area contributed by atoms with E-state index in [9.17, 15) is 9.59 Å². The first-order valence-corrected chi connectivity index (χ1v) is 8.75. The number of hydrogen-bond donors (Lipinski definition) is 0. The highest BCUT2D eigenvalue weighted by Crippen LogP contribution is 2.25. The lowest BCUT2D eigenvalue weighted by atomic mass is 10.2. The van der Waals surface area contributed by atoms with Crippen molar-refractivity contribution in [2.24, 2.45) is 0 Å². The Morgan fingerprint density at radius 2 is 1.77 bits per heavy atom. The monoisotopic (exact) mass is 414 g/mol. The summed E-state index contributed by atoms with van der Waals surface area (Å²) in [5.74, 6) is 1.15. The predicted octanol–water partition coefficient (Wildman–Crippen LogP) is 2.85. The number of methoxy groups -OCH3 is 1. The highest BCUT2D eigenvalue weighted by molar-refractivity contribution is 9.10.